The molecule has 0 aromatic heterocycles. The summed E-state index contributed by atoms with van der Waals surface area (Å²) in [7, 11) is 0. The van der Waals surface area contributed by atoms with E-state index in [0.717, 1.165) is 22.6 Å². The van der Waals surface area contributed by atoms with Crippen molar-refractivity contribution in [3.63, 3.8) is 0 Å². The number of carbonyl (C=O) groups is 1. The molecule has 2 aromatic carbocycles. The molecule has 0 fully saturated rings. The van der Waals surface area contributed by atoms with Crippen LogP contribution in [0.4, 0.5) is 0 Å². The van der Waals surface area contributed by atoms with Crippen LogP contribution in [-0.4, -0.2) is 12.6 Å². The highest BCUT2D eigenvalue weighted by Crippen LogP contribution is 2.19. The lowest BCUT2D eigenvalue weighted by molar-refractivity contribution is -0.143. The van der Waals surface area contributed by atoms with Crippen LogP contribution in [0.15, 0.2) is 48.5 Å². The molecule has 0 heterocycles. The number of halogens is 1. The summed E-state index contributed by atoms with van der Waals surface area (Å²) >= 11 is 5.90. The summed E-state index contributed by atoms with van der Waals surface area (Å²) in [5.74, 6) is -0.266. The Kier molecular flexibility index (Phi) is 5.99. The normalized spacial score (nSPS) is 12.0. The average Bonchev–Trinajstić information content (AvgIpc) is 2.50. The van der Waals surface area contributed by atoms with Crippen molar-refractivity contribution in [2.75, 3.05) is 6.61 Å². The number of esters is 1. The fourth-order valence-electron chi connectivity index (χ4n) is 2.29. The van der Waals surface area contributed by atoms with Gasteiger partial charge in [-0.1, -0.05) is 48.0 Å². The largest absolute Gasteiger partial charge is 0.466 e. The number of ether oxygens (including phenoxy) is 1. The summed E-state index contributed by atoms with van der Waals surface area (Å²) in [6.45, 7) is 2.17. The second kappa shape index (κ2) is 7.97. The van der Waals surface area contributed by atoms with Gasteiger partial charge in [0.2, 0.25) is 0 Å². The van der Waals surface area contributed by atoms with Gasteiger partial charge in [0.25, 0.3) is 0 Å². The quantitative estimate of drug-likeness (QED) is 0.822. The van der Waals surface area contributed by atoms with Crippen LogP contribution < -0.4 is 5.73 Å². The molecule has 0 aliphatic heterocycles. The molecule has 0 amide bonds. The van der Waals surface area contributed by atoms with E-state index in [1.165, 1.54) is 5.56 Å². The zero-order valence-corrected chi connectivity index (χ0v) is 13.3. The molecule has 22 heavy (non-hydrogen) atoms. The standard InChI is InChI=1S/C18H20ClNO2/c1-2-22-18(21)12-17(20)15-5-3-4-14(11-15)10-13-6-8-16(19)9-7-13/h3-9,11,17H,2,10,12,20H2,1H3. The fourth-order valence-corrected chi connectivity index (χ4v) is 2.41. The Bertz CT molecular complexity index is 625. The number of hydrogen-bond donors (Lipinski definition) is 1. The summed E-state index contributed by atoms with van der Waals surface area (Å²) in [6, 6.07) is 15.4. The summed E-state index contributed by atoms with van der Waals surface area (Å²) in [5, 5.41) is 0.731. The van der Waals surface area contributed by atoms with Crippen LogP contribution in [0.1, 0.15) is 36.1 Å². The first-order valence-electron chi connectivity index (χ1n) is 7.33. The maximum absolute atomic E-state index is 11.5. The third-order valence-corrected chi connectivity index (χ3v) is 3.64. The van der Waals surface area contributed by atoms with E-state index in [1.807, 2.05) is 42.5 Å². The van der Waals surface area contributed by atoms with E-state index in [0.29, 0.717) is 6.61 Å². The SMILES string of the molecule is CCOC(=O)CC(N)c1cccc(Cc2ccc(Cl)cc2)c1. The number of nitrogens with two attached hydrogens (primary N) is 1. The van der Waals surface area contributed by atoms with E-state index < -0.39 is 0 Å². The minimum Gasteiger partial charge on any atom is -0.466 e. The predicted molar refractivity (Wildman–Crippen MR) is 88.9 cm³/mol. The van der Waals surface area contributed by atoms with E-state index in [9.17, 15) is 4.79 Å². The molecule has 1 unspecified atom stereocenters. The summed E-state index contributed by atoms with van der Waals surface area (Å²) in [4.78, 5) is 11.5. The van der Waals surface area contributed by atoms with Gasteiger partial charge in [0.15, 0.2) is 0 Å². The Labute approximate surface area is 136 Å². The molecule has 0 aliphatic rings. The topological polar surface area (TPSA) is 52.3 Å². The van der Waals surface area contributed by atoms with Crippen LogP contribution in [0, 0.1) is 0 Å². The molecular formula is C18H20ClNO2. The average molecular weight is 318 g/mol. The Morgan fingerprint density at radius 2 is 1.91 bits per heavy atom. The molecule has 0 aliphatic carbocycles. The maximum Gasteiger partial charge on any atom is 0.307 e. The Morgan fingerprint density at radius 3 is 2.59 bits per heavy atom. The smallest absolute Gasteiger partial charge is 0.307 e. The molecule has 3 nitrogen and oxygen atoms in total. The second-order valence-corrected chi connectivity index (χ2v) is 5.60. The van der Waals surface area contributed by atoms with Crippen molar-refractivity contribution in [2.24, 2.45) is 5.73 Å². The van der Waals surface area contributed by atoms with Gasteiger partial charge in [0.05, 0.1) is 13.0 Å². The van der Waals surface area contributed by atoms with Crippen LogP contribution in [0.2, 0.25) is 5.02 Å². The number of benzene rings is 2. The van der Waals surface area contributed by atoms with Crippen molar-refractivity contribution < 1.29 is 9.53 Å². The first-order chi connectivity index (χ1) is 10.6. The van der Waals surface area contributed by atoms with E-state index in [1.54, 1.807) is 6.92 Å². The van der Waals surface area contributed by atoms with Crippen LogP contribution in [0.5, 0.6) is 0 Å². The Morgan fingerprint density at radius 1 is 1.18 bits per heavy atom. The lowest BCUT2D eigenvalue weighted by Crippen LogP contribution is -2.17. The molecule has 116 valence electrons. The summed E-state index contributed by atoms with van der Waals surface area (Å²) < 4.78 is 4.94. The van der Waals surface area contributed by atoms with Gasteiger partial charge in [0, 0.05) is 11.1 Å². The molecule has 0 saturated carbocycles. The molecular weight excluding hydrogens is 298 g/mol. The van der Waals surface area contributed by atoms with Crippen molar-refractivity contribution >= 4 is 17.6 Å². The van der Waals surface area contributed by atoms with Crippen LogP contribution in [0.3, 0.4) is 0 Å². The summed E-state index contributed by atoms with van der Waals surface area (Å²) in [5.41, 5.74) is 9.37. The van der Waals surface area contributed by atoms with E-state index in [4.69, 9.17) is 22.1 Å². The monoisotopic (exact) mass is 317 g/mol. The van der Waals surface area contributed by atoms with Gasteiger partial charge in [-0.2, -0.15) is 0 Å². The molecule has 2 rings (SSSR count). The molecule has 0 bridgehead atoms. The third kappa shape index (κ3) is 4.86. The van der Waals surface area contributed by atoms with E-state index >= 15 is 0 Å². The Balaban J connectivity index is 2.05. The van der Waals surface area contributed by atoms with Crippen LogP contribution >= 0.6 is 11.6 Å². The van der Waals surface area contributed by atoms with Gasteiger partial charge < -0.3 is 10.5 Å². The molecule has 0 saturated heterocycles. The maximum atomic E-state index is 11.5. The number of carbonyl (C=O) groups excluding carboxylic acids is 1. The number of hydrogen-bond acceptors (Lipinski definition) is 3. The minimum atomic E-state index is -0.343. The minimum absolute atomic E-state index is 0.193. The highest BCUT2D eigenvalue weighted by atomic mass is 35.5. The van der Waals surface area contributed by atoms with Gasteiger partial charge in [0.1, 0.15) is 0 Å². The first-order valence-corrected chi connectivity index (χ1v) is 7.70. The molecule has 1 atom stereocenters. The zero-order valence-electron chi connectivity index (χ0n) is 12.6. The molecule has 2 N–H and O–H groups in total. The molecule has 0 radical (unpaired) electrons. The highest BCUT2D eigenvalue weighted by molar-refractivity contribution is 6.30. The van der Waals surface area contributed by atoms with Gasteiger partial charge in [-0.15, -0.1) is 0 Å². The molecule has 0 spiro atoms. The lowest BCUT2D eigenvalue weighted by Gasteiger charge is -2.13. The molecule has 4 heteroatoms. The summed E-state index contributed by atoms with van der Waals surface area (Å²) in [6.07, 6.45) is 0.995. The fraction of sp³-hybridized carbons (Fsp3) is 0.278. The van der Waals surface area contributed by atoms with Gasteiger partial charge in [-0.05, 0) is 42.2 Å². The van der Waals surface area contributed by atoms with E-state index in [2.05, 4.69) is 6.07 Å². The second-order valence-electron chi connectivity index (χ2n) is 5.16. The van der Waals surface area contributed by atoms with Gasteiger partial charge in [-0.25, -0.2) is 0 Å². The van der Waals surface area contributed by atoms with Crippen molar-refractivity contribution in [1.82, 2.24) is 0 Å². The lowest BCUT2D eigenvalue weighted by atomic mass is 9.98. The highest BCUT2D eigenvalue weighted by Gasteiger charge is 2.12. The number of rotatable bonds is 6. The zero-order chi connectivity index (χ0) is 15.9. The van der Waals surface area contributed by atoms with Gasteiger partial charge in [-0.3, -0.25) is 4.79 Å². The first kappa shape index (κ1) is 16.5. The van der Waals surface area contributed by atoms with Crippen LogP contribution in [0.25, 0.3) is 0 Å². The van der Waals surface area contributed by atoms with Crippen molar-refractivity contribution in [1.29, 1.82) is 0 Å². The van der Waals surface area contributed by atoms with Crippen molar-refractivity contribution in [3.8, 4) is 0 Å². The predicted octanol–water partition coefficient (Wildman–Crippen LogP) is 3.88. The van der Waals surface area contributed by atoms with Crippen LogP contribution in [-0.2, 0) is 16.0 Å². The molecule has 2 aromatic rings. The van der Waals surface area contributed by atoms with Crippen molar-refractivity contribution in [3.05, 3.63) is 70.2 Å². The van der Waals surface area contributed by atoms with Crippen molar-refractivity contribution in [2.45, 2.75) is 25.8 Å². The van der Waals surface area contributed by atoms with Gasteiger partial charge >= 0.3 is 5.97 Å². The Hall–Kier alpha value is -1.84. The third-order valence-electron chi connectivity index (χ3n) is 3.39. The van der Waals surface area contributed by atoms with E-state index in [-0.39, 0.29) is 18.4 Å².